The second kappa shape index (κ2) is 9.91. The van der Waals surface area contributed by atoms with Crippen molar-refractivity contribution >= 4 is 33.6 Å². The van der Waals surface area contributed by atoms with Crippen LogP contribution in [-0.2, 0) is 4.79 Å². The molecule has 1 saturated carbocycles. The molecule has 1 heterocycles. The molecule has 0 radical (unpaired) electrons. The highest BCUT2D eigenvalue weighted by Gasteiger charge is 2.35. The Labute approximate surface area is 196 Å². The Balaban J connectivity index is 1.68. The fraction of sp³-hybridized carbons (Fsp3) is 0.480. The van der Waals surface area contributed by atoms with Crippen LogP contribution >= 0.6 is 10.6 Å². The van der Waals surface area contributed by atoms with Crippen LogP contribution in [0.3, 0.4) is 0 Å². The van der Waals surface area contributed by atoms with Gasteiger partial charge in [0.1, 0.15) is 5.82 Å². The maximum absolute atomic E-state index is 13.4. The second-order valence-electron chi connectivity index (χ2n) is 9.18. The standard InChI is InChI=1S/C25H33FN2O4S/c1-2-28(21-11-13-33(31,32)14-12-21)24-10-5-18(22(16-25(29)30)17-3-4-17)15-23(24)27-20-8-6-19(26)7-9-20/h5-10,15,17,21-22,27,31-32H,2-4,11-14,16H2,1H3,(H,29,30). The molecule has 0 spiro atoms. The molecule has 2 fully saturated rings. The van der Waals surface area contributed by atoms with E-state index in [2.05, 4.69) is 23.2 Å². The van der Waals surface area contributed by atoms with Crippen molar-refractivity contribution in [1.82, 2.24) is 0 Å². The molecule has 1 unspecified atom stereocenters. The van der Waals surface area contributed by atoms with Gasteiger partial charge in [-0.2, -0.15) is 10.6 Å². The Hall–Kier alpha value is -2.29. The lowest BCUT2D eigenvalue weighted by Gasteiger charge is -2.44. The smallest absolute Gasteiger partial charge is 0.303 e. The van der Waals surface area contributed by atoms with Crippen molar-refractivity contribution in [2.45, 2.75) is 51.0 Å². The number of anilines is 3. The highest BCUT2D eigenvalue weighted by atomic mass is 32.3. The number of hydrogen-bond acceptors (Lipinski definition) is 5. The third-order valence-corrected chi connectivity index (χ3v) is 8.58. The number of carboxylic acids is 1. The first-order valence-electron chi connectivity index (χ1n) is 11.6. The minimum Gasteiger partial charge on any atom is -0.481 e. The van der Waals surface area contributed by atoms with Gasteiger partial charge in [0, 0.05) is 29.8 Å². The van der Waals surface area contributed by atoms with Crippen molar-refractivity contribution in [2.24, 2.45) is 5.92 Å². The number of nitrogens with one attached hydrogen (secondary N) is 1. The third kappa shape index (κ3) is 5.99. The Kier molecular flexibility index (Phi) is 7.16. The van der Waals surface area contributed by atoms with Gasteiger partial charge in [0.2, 0.25) is 0 Å². The first kappa shape index (κ1) is 23.9. The number of rotatable bonds is 9. The number of carbonyl (C=O) groups is 1. The average Bonchev–Trinajstić information content (AvgIpc) is 3.61. The summed E-state index contributed by atoms with van der Waals surface area (Å²) in [4.78, 5) is 13.8. The van der Waals surface area contributed by atoms with Gasteiger partial charge in [-0.05, 0) is 86.4 Å². The van der Waals surface area contributed by atoms with E-state index in [9.17, 15) is 23.4 Å². The van der Waals surface area contributed by atoms with E-state index in [1.165, 1.54) is 12.1 Å². The molecule has 6 nitrogen and oxygen atoms in total. The SMILES string of the molecule is CCN(c1ccc(C(CC(=O)O)C2CC2)cc1Nc1ccc(F)cc1)C1CCS(O)(O)CC1. The van der Waals surface area contributed by atoms with Crippen LogP contribution in [0.1, 0.15) is 50.5 Å². The Morgan fingerprint density at radius 2 is 1.79 bits per heavy atom. The first-order valence-corrected chi connectivity index (χ1v) is 13.5. The molecule has 8 heteroatoms. The lowest BCUT2D eigenvalue weighted by molar-refractivity contribution is -0.137. The summed E-state index contributed by atoms with van der Waals surface area (Å²) in [6.45, 7) is 2.84. The van der Waals surface area contributed by atoms with E-state index in [0.717, 1.165) is 42.0 Å². The van der Waals surface area contributed by atoms with E-state index in [1.807, 2.05) is 12.1 Å². The monoisotopic (exact) mass is 476 g/mol. The van der Waals surface area contributed by atoms with Crippen LogP contribution in [0.15, 0.2) is 42.5 Å². The summed E-state index contributed by atoms with van der Waals surface area (Å²) >= 11 is 0. The summed E-state index contributed by atoms with van der Waals surface area (Å²) in [7, 11) is -2.47. The summed E-state index contributed by atoms with van der Waals surface area (Å²) < 4.78 is 33.5. The lowest BCUT2D eigenvalue weighted by atomic mass is 9.90. The van der Waals surface area contributed by atoms with Gasteiger partial charge >= 0.3 is 5.97 Å². The number of hydrogen-bond donors (Lipinski definition) is 4. The van der Waals surface area contributed by atoms with Crippen LogP contribution in [0.5, 0.6) is 0 Å². The molecule has 0 bridgehead atoms. The maximum Gasteiger partial charge on any atom is 0.303 e. The average molecular weight is 477 g/mol. The molecule has 4 rings (SSSR count). The fourth-order valence-corrected chi connectivity index (χ4v) is 6.40. The molecule has 4 N–H and O–H groups in total. The van der Waals surface area contributed by atoms with E-state index in [4.69, 9.17) is 0 Å². The topological polar surface area (TPSA) is 93.0 Å². The summed E-state index contributed by atoms with van der Waals surface area (Å²) in [5.74, 6) is 0.103. The molecule has 0 amide bonds. The van der Waals surface area contributed by atoms with Crippen molar-refractivity contribution in [2.75, 3.05) is 28.3 Å². The first-order chi connectivity index (χ1) is 15.8. The van der Waals surface area contributed by atoms with Gasteiger partial charge < -0.3 is 15.3 Å². The van der Waals surface area contributed by atoms with Crippen LogP contribution in [0.4, 0.5) is 21.5 Å². The van der Waals surface area contributed by atoms with Crippen LogP contribution in [-0.4, -0.2) is 44.3 Å². The fourth-order valence-electron chi connectivity index (χ4n) is 4.90. The quantitative estimate of drug-likeness (QED) is 0.341. The van der Waals surface area contributed by atoms with Crippen molar-refractivity contribution in [1.29, 1.82) is 0 Å². The van der Waals surface area contributed by atoms with E-state index in [0.29, 0.717) is 30.3 Å². The molecule has 2 aliphatic rings. The molecular weight excluding hydrogens is 443 g/mol. The Bertz CT molecular complexity index is 971. The normalized spacial score (nSPS) is 20.1. The molecule has 1 saturated heterocycles. The van der Waals surface area contributed by atoms with Gasteiger partial charge in [-0.1, -0.05) is 6.07 Å². The van der Waals surface area contributed by atoms with Gasteiger partial charge in [0.05, 0.1) is 17.8 Å². The molecule has 2 aromatic rings. The van der Waals surface area contributed by atoms with Crippen LogP contribution < -0.4 is 10.2 Å². The minimum atomic E-state index is -2.47. The summed E-state index contributed by atoms with van der Waals surface area (Å²) in [6, 6.07) is 12.5. The van der Waals surface area contributed by atoms with Gasteiger partial charge in [-0.15, -0.1) is 0 Å². The number of nitrogens with zero attached hydrogens (tertiary/aromatic N) is 1. The highest BCUT2D eigenvalue weighted by molar-refractivity contribution is 8.24. The Morgan fingerprint density at radius 3 is 2.36 bits per heavy atom. The van der Waals surface area contributed by atoms with E-state index in [-0.39, 0.29) is 24.2 Å². The van der Waals surface area contributed by atoms with Crippen molar-refractivity contribution in [3.05, 3.63) is 53.8 Å². The zero-order valence-corrected chi connectivity index (χ0v) is 19.7. The van der Waals surface area contributed by atoms with Crippen molar-refractivity contribution in [3.63, 3.8) is 0 Å². The largest absolute Gasteiger partial charge is 0.481 e. The van der Waals surface area contributed by atoms with Crippen LogP contribution in [0, 0.1) is 11.7 Å². The molecule has 33 heavy (non-hydrogen) atoms. The molecule has 1 atom stereocenters. The molecule has 180 valence electrons. The number of halogens is 1. The minimum absolute atomic E-state index is 0.0249. The zero-order chi connectivity index (χ0) is 23.6. The lowest BCUT2D eigenvalue weighted by Crippen LogP contribution is -2.40. The number of aliphatic carboxylic acids is 1. The third-order valence-electron chi connectivity index (χ3n) is 6.80. The van der Waals surface area contributed by atoms with Gasteiger partial charge in [-0.3, -0.25) is 13.9 Å². The summed E-state index contributed by atoms with van der Waals surface area (Å²) in [5, 5.41) is 12.9. The van der Waals surface area contributed by atoms with Crippen LogP contribution in [0.25, 0.3) is 0 Å². The van der Waals surface area contributed by atoms with E-state index in [1.54, 1.807) is 12.1 Å². The molecule has 2 aromatic carbocycles. The Morgan fingerprint density at radius 1 is 1.12 bits per heavy atom. The predicted octanol–water partition coefficient (Wildman–Crippen LogP) is 6.28. The maximum atomic E-state index is 13.4. The number of carboxylic acid groups (broad SMARTS) is 1. The van der Waals surface area contributed by atoms with Crippen LogP contribution in [0.2, 0.25) is 0 Å². The van der Waals surface area contributed by atoms with Gasteiger partial charge in [0.15, 0.2) is 0 Å². The zero-order valence-electron chi connectivity index (χ0n) is 18.9. The molecule has 0 aromatic heterocycles. The van der Waals surface area contributed by atoms with Crippen molar-refractivity contribution in [3.8, 4) is 0 Å². The van der Waals surface area contributed by atoms with Gasteiger partial charge in [-0.25, -0.2) is 4.39 Å². The van der Waals surface area contributed by atoms with Gasteiger partial charge in [0.25, 0.3) is 0 Å². The van der Waals surface area contributed by atoms with Crippen molar-refractivity contribution < 1.29 is 23.4 Å². The van der Waals surface area contributed by atoms with E-state index < -0.39 is 16.6 Å². The molecule has 1 aliphatic carbocycles. The second-order valence-corrected chi connectivity index (χ2v) is 11.6. The van der Waals surface area contributed by atoms with E-state index >= 15 is 0 Å². The summed E-state index contributed by atoms with van der Waals surface area (Å²) in [5.41, 5.74) is 3.60. The highest BCUT2D eigenvalue weighted by Crippen LogP contribution is 2.48. The molecule has 1 aliphatic heterocycles. The predicted molar refractivity (Wildman–Crippen MR) is 132 cm³/mol. The number of benzene rings is 2. The summed E-state index contributed by atoms with van der Waals surface area (Å²) in [6.07, 6.45) is 3.62. The molecular formula is C25H33FN2O4S.